The maximum atomic E-state index is 12.0. The minimum Gasteiger partial charge on any atom is -0.319 e. The highest BCUT2D eigenvalue weighted by atomic mass is 16.1. The summed E-state index contributed by atoms with van der Waals surface area (Å²) in [5, 5.41) is 3.91. The Morgan fingerprint density at radius 2 is 2.13 bits per heavy atom. The molecule has 1 heterocycles. The van der Waals surface area contributed by atoms with Crippen molar-refractivity contribution in [2.45, 2.75) is 44.2 Å². The second kappa shape index (κ2) is 4.10. The predicted octanol–water partition coefficient (Wildman–Crippen LogP) is 0.509. The van der Waals surface area contributed by atoms with Crippen molar-refractivity contribution in [1.82, 2.24) is 14.8 Å². The highest BCUT2D eigenvalue weighted by molar-refractivity contribution is 5.87. The molecular formula is C10H16N4O. The van der Waals surface area contributed by atoms with Crippen molar-refractivity contribution >= 4 is 5.78 Å². The fourth-order valence-corrected chi connectivity index (χ4v) is 2.08. The first-order chi connectivity index (χ1) is 7.21. The Labute approximate surface area is 88.7 Å². The third-order valence-corrected chi connectivity index (χ3v) is 3.07. The molecular weight excluding hydrogens is 192 g/mol. The van der Waals surface area contributed by atoms with E-state index in [2.05, 4.69) is 10.1 Å². The molecule has 0 bridgehead atoms. The van der Waals surface area contributed by atoms with Gasteiger partial charge in [0, 0.05) is 0 Å². The second-order valence-corrected chi connectivity index (χ2v) is 4.23. The van der Waals surface area contributed by atoms with E-state index >= 15 is 0 Å². The Kier molecular flexibility index (Phi) is 2.81. The van der Waals surface area contributed by atoms with Gasteiger partial charge in [0.25, 0.3) is 0 Å². The lowest BCUT2D eigenvalue weighted by Gasteiger charge is -2.31. The van der Waals surface area contributed by atoms with Crippen LogP contribution in [-0.4, -0.2) is 26.1 Å². The average molecular weight is 208 g/mol. The van der Waals surface area contributed by atoms with E-state index in [4.69, 9.17) is 5.73 Å². The quantitative estimate of drug-likeness (QED) is 0.785. The Hall–Kier alpha value is -1.23. The van der Waals surface area contributed by atoms with Gasteiger partial charge in [-0.25, -0.2) is 9.67 Å². The van der Waals surface area contributed by atoms with Crippen LogP contribution in [0.15, 0.2) is 12.7 Å². The molecule has 82 valence electrons. The van der Waals surface area contributed by atoms with Crippen molar-refractivity contribution in [3.05, 3.63) is 12.7 Å². The molecule has 5 heteroatoms. The number of rotatable bonds is 3. The number of hydrogen-bond donors (Lipinski definition) is 1. The predicted molar refractivity (Wildman–Crippen MR) is 55.0 cm³/mol. The van der Waals surface area contributed by atoms with Crippen LogP contribution in [0.1, 0.15) is 32.1 Å². The fraction of sp³-hybridized carbons (Fsp3) is 0.700. The maximum Gasteiger partial charge on any atom is 0.174 e. The molecule has 0 aromatic carbocycles. The van der Waals surface area contributed by atoms with Gasteiger partial charge >= 0.3 is 0 Å². The van der Waals surface area contributed by atoms with Crippen molar-refractivity contribution in [2.75, 3.05) is 0 Å². The molecule has 0 saturated heterocycles. The standard InChI is InChI=1S/C10H16N4O/c11-10(4-2-1-3-5-10)9(15)6-14-8-12-7-13-14/h7-8H,1-6,11H2. The number of carbonyl (C=O) groups is 1. The van der Waals surface area contributed by atoms with E-state index in [1.54, 1.807) is 6.33 Å². The normalized spacial score (nSPS) is 20.1. The Balaban J connectivity index is 2.00. The van der Waals surface area contributed by atoms with Gasteiger partial charge in [-0.05, 0) is 12.8 Å². The molecule has 1 saturated carbocycles. The minimum atomic E-state index is -0.621. The van der Waals surface area contributed by atoms with Gasteiger partial charge in [-0.3, -0.25) is 4.79 Å². The molecule has 0 aliphatic heterocycles. The summed E-state index contributed by atoms with van der Waals surface area (Å²) < 4.78 is 1.53. The van der Waals surface area contributed by atoms with E-state index < -0.39 is 5.54 Å². The first-order valence-electron chi connectivity index (χ1n) is 5.35. The number of nitrogens with two attached hydrogens (primary N) is 1. The van der Waals surface area contributed by atoms with Gasteiger partial charge < -0.3 is 5.73 Å². The van der Waals surface area contributed by atoms with E-state index in [-0.39, 0.29) is 12.3 Å². The molecule has 0 amide bonds. The molecule has 2 N–H and O–H groups in total. The highest BCUT2D eigenvalue weighted by Gasteiger charge is 2.34. The Morgan fingerprint density at radius 3 is 2.73 bits per heavy atom. The van der Waals surface area contributed by atoms with Gasteiger partial charge in [0.15, 0.2) is 5.78 Å². The summed E-state index contributed by atoms with van der Waals surface area (Å²) in [4.78, 5) is 15.8. The number of hydrogen-bond acceptors (Lipinski definition) is 4. The van der Waals surface area contributed by atoms with Crippen molar-refractivity contribution in [2.24, 2.45) is 5.73 Å². The fourth-order valence-electron chi connectivity index (χ4n) is 2.08. The lowest BCUT2D eigenvalue weighted by atomic mass is 9.79. The topological polar surface area (TPSA) is 73.8 Å². The zero-order valence-corrected chi connectivity index (χ0v) is 8.72. The molecule has 1 aromatic heterocycles. The van der Waals surface area contributed by atoms with E-state index in [0.717, 1.165) is 25.7 Å². The van der Waals surface area contributed by atoms with Gasteiger partial charge in [0.2, 0.25) is 0 Å². The Bertz CT molecular complexity index is 327. The minimum absolute atomic E-state index is 0.0766. The van der Waals surface area contributed by atoms with Gasteiger partial charge in [-0.1, -0.05) is 19.3 Å². The summed E-state index contributed by atoms with van der Waals surface area (Å²) in [7, 11) is 0. The van der Waals surface area contributed by atoms with E-state index in [9.17, 15) is 4.79 Å². The number of carbonyl (C=O) groups excluding carboxylic acids is 1. The Morgan fingerprint density at radius 1 is 1.40 bits per heavy atom. The maximum absolute atomic E-state index is 12.0. The molecule has 1 aromatic rings. The van der Waals surface area contributed by atoms with Crippen molar-refractivity contribution in [3.8, 4) is 0 Å². The van der Waals surface area contributed by atoms with Gasteiger partial charge in [-0.2, -0.15) is 5.10 Å². The number of ketones is 1. The number of nitrogens with zero attached hydrogens (tertiary/aromatic N) is 3. The molecule has 5 nitrogen and oxygen atoms in total. The largest absolute Gasteiger partial charge is 0.319 e. The molecule has 1 fully saturated rings. The lowest BCUT2D eigenvalue weighted by Crippen LogP contribution is -2.50. The summed E-state index contributed by atoms with van der Waals surface area (Å²) in [6.07, 6.45) is 7.89. The van der Waals surface area contributed by atoms with E-state index in [0.29, 0.717) is 0 Å². The van der Waals surface area contributed by atoms with E-state index in [1.165, 1.54) is 17.4 Å². The zero-order valence-electron chi connectivity index (χ0n) is 8.72. The van der Waals surface area contributed by atoms with Crippen molar-refractivity contribution in [3.63, 3.8) is 0 Å². The SMILES string of the molecule is NC1(C(=O)Cn2cncn2)CCCCC1. The molecule has 0 radical (unpaired) electrons. The van der Waals surface area contributed by atoms with Crippen LogP contribution in [0, 0.1) is 0 Å². The molecule has 1 aliphatic carbocycles. The smallest absolute Gasteiger partial charge is 0.174 e. The average Bonchev–Trinajstić information content (AvgIpc) is 2.71. The van der Waals surface area contributed by atoms with Crippen LogP contribution in [0.4, 0.5) is 0 Å². The first kappa shape index (κ1) is 10.3. The number of Topliss-reactive ketones (excluding diaryl/α,β-unsaturated/α-hetero) is 1. The molecule has 15 heavy (non-hydrogen) atoms. The van der Waals surface area contributed by atoms with Gasteiger partial charge in [0.1, 0.15) is 19.2 Å². The summed E-state index contributed by atoms with van der Waals surface area (Å²) in [5.74, 6) is 0.0766. The van der Waals surface area contributed by atoms with Crippen LogP contribution in [-0.2, 0) is 11.3 Å². The van der Waals surface area contributed by atoms with Crippen LogP contribution in [0.3, 0.4) is 0 Å². The first-order valence-corrected chi connectivity index (χ1v) is 5.35. The van der Waals surface area contributed by atoms with Crippen LogP contribution >= 0.6 is 0 Å². The van der Waals surface area contributed by atoms with Gasteiger partial charge in [0.05, 0.1) is 5.54 Å². The summed E-state index contributed by atoms with van der Waals surface area (Å²) in [5.41, 5.74) is 5.49. The summed E-state index contributed by atoms with van der Waals surface area (Å²) in [6, 6.07) is 0. The monoisotopic (exact) mass is 208 g/mol. The molecule has 1 aliphatic rings. The van der Waals surface area contributed by atoms with E-state index in [1.807, 2.05) is 0 Å². The third kappa shape index (κ3) is 2.23. The summed E-state index contributed by atoms with van der Waals surface area (Å²) in [6.45, 7) is 0.247. The van der Waals surface area contributed by atoms with Crippen LogP contribution in [0.5, 0.6) is 0 Å². The van der Waals surface area contributed by atoms with Crippen molar-refractivity contribution < 1.29 is 4.79 Å². The second-order valence-electron chi connectivity index (χ2n) is 4.23. The molecule has 0 atom stereocenters. The summed E-state index contributed by atoms with van der Waals surface area (Å²) >= 11 is 0. The van der Waals surface area contributed by atoms with Crippen LogP contribution < -0.4 is 5.73 Å². The molecule has 0 unspecified atom stereocenters. The van der Waals surface area contributed by atoms with Crippen LogP contribution in [0.25, 0.3) is 0 Å². The highest BCUT2D eigenvalue weighted by Crippen LogP contribution is 2.26. The number of aromatic nitrogens is 3. The van der Waals surface area contributed by atoms with Crippen LogP contribution in [0.2, 0.25) is 0 Å². The molecule has 0 spiro atoms. The van der Waals surface area contributed by atoms with Crippen molar-refractivity contribution in [1.29, 1.82) is 0 Å². The lowest BCUT2D eigenvalue weighted by molar-refractivity contribution is -0.126. The molecule has 2 rings (SSSR count). The zero-order chi connectivity index (χ0) is 10.7. The van der Waals surface area contributed by atoms with Gasteiger partial charge in [-0.15, -0.1) is 0 Å². The third-order valence-electron chi connectivity index (χ3n) is 3.07.